The summed E-state index contributed by atoms with van der Waals surface area (Å²) >= 11 is 0. The van der Waals surface area contributed by atoms with Gasteiger partial charge < -0.3 is 9.84 Å². The number of esters is 1. The first-order chi connectivity index (χ1) is 9.08. The van der Waals surface area contributed by atoms with Gasteiger partial charge in [0.2, 0.25) is 11.5 Å². The largest absolute Gasteiger partial charge is 0.498 e. The number of nitriles is 1. The Labute approximate surface area is 108 Å². The summed E-state index contributed by atoms with van der Waals surface area (Å²) in [7, 11) is 0. The van der Waals surface area contributed by atoms with Gasteiger partial charge in [0.05, 0.1) is 12.3 Å². The minimum atomic E-state index is -0.965. The highest BCUT2D eigenvalue weighted by atomic mass is 19.1. The standard InChI is InChI=1S/C12H10FN3O3/c1-2-19-12(18)11(10(17)7-14)16-15-9-5-3-8(13)4-6-9/h3-6,17H,2H2,1H3/b11-10-,16-15?. The van der Waals surface area contributed by atoms with E-state index < -0.39 is 23.2 Å². The smallest absolute Gasteiger partial charge is 0.363 e. The lowest BCUT2D eigenvalue weighted by Gasteiger charge is -2.00. The van der Waals surface area contributed by atoms with E-state index in [4.69, 9.17) is 5.26 Å². The summed E-state index contributed by atoms with van der Waals surface area (Å²) in [4.78, 5) is 11.4. The molecule has 1 aromatic carbocycles. The van der Waals surface area contributed by atoms with Crippen molar-refractivity contribution in [3.05, 3.63) is 41.5 Å². The molecule has 0 aliphatic rings. The Balaban J connectivity index is 3.00. The number of aliphatic hydroxyl groups excluding tert-OH is 1. The summed E-state index contributed by atoms with van der Waals surface area (Å²) in [5.74, 6) is -2.31. The van der Waals surface area contributed by atoms with Gasteiger partial charge in [0.15, 0.2) is 0 Å². The number of hydrogen-bond donors (Lipinski definition) is 1. The van der Waals surface area contributed by atoms with Gasteiger partial charge in [0.25, 0.3) is 0 Å². The summed E-state index contributed by atoms with van der Waals surface area (Å²) in [5, 5.41) is 24.8. The van der Waals surface area contributed by atoms with Crippen LogP contribution in [0.4, 0.5) is 10.1 Å². The molecule has 0 atom stereocenters. The molecule has 1 N–H and O–H groups in total. The van der Waals surface area contributed by atoms with Crippen LogP contribution in [0.15, 0.2) is 46.0 Å². The molecule has 98 valence electrons. The molecule has 0 saturated carbocycles. The molecule has 1 rings (SSSR count). The number of allylic oxidation sites excluding steroid dienone is 1. The van der Waals surface area contributed by atoms with E-state index in [0.717, 1.165) is 12.1 Å². The van der Waals surface area contributed by atoms with Crippen molar-refractivity contribution in [2.75, 3.05) is 6.61 Å². The van der Waals surface area contributed by atoms with Crippen molar-refractivity contribution in [2.24, 2.45) is 10.2 Å². The fourth-order valence-corrected chi connectivity index (χ4v) is 1.05. The fraction of sp³-hybridized carbons (Fsp3) is 0.167. The molecule has 19 heavy (non-hydrogen) atoms. The van der Waals surface area contributed by atoms with Gasteiger partial charge in [-0.2, -0.15) is 10.4 Å². The molecule has 0 unspecified atom stereocenters. The molecule has 0 aliphatic heterocycles. The highest BCUT2D eigenvalue weighted by Crippen LogP contribution is 2.15. The maximum atomic E-state index is 12.7. The highest BCUT2D eigenvalue weighted by molar-refractivity contribution is 5.89. The monoisotopic (exact) mass is 263 g/mol. The van der Waals surface area contributed by atoms with E-state index in [1.165, 1.54) is 18.2 Å². The van der Waals surface area contributed by atoms with Gasteiger partial charge in [0.1, 0.15) is 11.9 Å². The van der Waals surface area contributed by atoms with E-state index in [2.05, 4.69) is 15.0 Å². The van der Waals surface area contributed by atoms with Crippen molar-refractivity contribution < 1.29 is 19.0 Å². The molecule has 0 aliphatic carbocycles. The van der Waals surface area contributed by atoms with Crippen molar-refractivity contribution in [3.63, 3.8) is 0 Å². The van der Waals surface area contributed by atoms with Crippen molar-refractivity contribution in [2.45, 2.75) is 6.92 Å². The van der Waals surface area contributed by atoms with E-state index in [9.17, 15) is 14.3 Å². The summed E-state index contributed by atoms with van der Waals surface area (Å²) < 4.78 is 17.3. The van der Waals surface area contributed by atoms with E-state index in [1.54, 1.807) is 6.92 Å². The Bertz CT molecular complexity index is 559. The molecule has 0 radical (unpaired) electrons. The van der Waals surface area contributed by atoms with Gasteiger partial charge in [-0.1, -0.05) is 0 Å². The lowest BCUT2D eigenvalue weighted by molar-refractivity contribution is -0.138. The Hall–Kier alpha value is -2.75. The lowest BCUT2D eigenvalue weighted by Crippen LogP contribution is -2.08. The third-order valence-corrected chi connectivity index (χ3v) is 1.89. The van der Waals surface area contributed by atoms with Gasteiger partial charge in [-0.3, -0.25) is 0 Å². The Morgan fingerprint density at radius 3 is 2.63 bits per heavy atom. The number of benzene rings is 1. The average Bonchev–Trinajstić information content (AvgIpc) is 2.41. The molecule has 6 nitrogen and oxygen atoms in total. The molecule has 0 spiro atoms. The molecular weight excluding hydrogens is 253 g/mol. The average molecular weight is 263 g/mol. The quantitative estimate of drug-likeness (QED) is 0.225. The second-order valence-electron chi connectivity index (χ2n) is 3.21. The third kappa shape index (κ3) is 4.20. The topological polar surface area (TPSA) is 95.0 Å². The SMILES string of the molecule is CCOC(=O)/C(N=Nc1ccc(F)cc1)=C(/O)C#N. The molecule has 0 bridgehead atoms. The van der Waals surface area contributed by atoms with Crippen LogP contribution in [-0.2, 0) is 9.53 Å². The first-order valence-electron chi connectivity index (χ1n) is 5.26. The number of nitrogens with zero attached hydrogens (tertiary/aromatic N) is 3. The molecule has 0 amide bonds. The van der Waals surface area contributed by atoms with Gasteiger partial charge in [0, 0.05) is 0 Å². The molecule has 0 saturated heterocycles. The maximum Gasteiger partial charge on any atom is 0.363 e. The van der Waals surface area contributed by atoms with E-state index in [1.807, 2.05) is 0 Å². The molecule has 1 aromatic rings. The summed E-state index contributed by atoms with van der Waals surface area (Å²) in [6.07, 6.45) is 0. The number of hydrogen-bond acceptors (Lipinski definition) is 6. The number of carbonyl (C=O) groups is 1. The number of carbonyl (C=O) groups excluding carboxylic acids is 1. The van der Waals surface area contributed by atoms with Crippen LogP contribution < -0.4 is 0 Å². The number of rotatable bonds is 4. The number of halogens is 1. The number of aliphatic hydroxyl groups is 1. The van der Waals surface area contributed by atoms with Gasteiger partial charge in [-0.15, -0.1) is 5.11 Å². The summed E-state index contributed by atoms with van der Waals surface area (Å²) in [6.45, 7) is 1.63. The van der Waals surface area contributed by atoms with Crippen LogP contribution in [-0.4, -0.2) is 17.7 Å². The zero-order valence-electron chi connectivity index (χ0n) is 10.00. The van der Waals surface area contributed by atoms with Crippen LogP contribution >= 0.6 is 0 Å². The first kappa shape index (κ1) is 14.3. The minimum Gasteiger partial charge on any atom is -0.498 e. The summed E-state index contributed by atoms with van der Waals surface area (Å²) in [5.41, 5.74) is -0.345. The Morgan fingerprint density at radius 2 is 2.11 bits per heavy atom. The van der Waals surface area contributed by atoms with Crippen LogP contribution in [0.2, 0.25) is 0 Å². The third-order valence-electron chi connectivity index (χ3n) is 1.89. The molecule has 0 aromatic heterocycles. The van der Waals surface area contributed by atoms with Crippen molar-refractivity contribution in [1.29, 1.82) is 5.26 Å². The molecule has 7 heteroatoms. The zero-order valence-corrected chi connectivity index (χ0v) is 10.00. The van der Waals surface area contributed by atoms with E-state index >= 15 is 0 Å². The molecular formula is C12H10FN3O3. The maximum absolute atomic E-state index is 12.7. The van der Waals surface area contributed by atoms with Crippen molar-refractivity contribution in [1.82, 2.24) is 0 Å². The van der Waals surface area contributed by atoms with Gasteiger partial charge in [-0.05, 0) is 31.2 Å². The zero-order chi connectivity index (χ0) is 14.3. The second-order valence-corrected chi connectivity index (χ2v) is 3.21. The molecule has 0 heterocycles. The van der Waals surface area contributed by atoms with Crippen LogP contribution in [0.5, 0.6) is 0 Å². The van der Waals surface area contributed by atoms with E-state index in [-0.39, 0.29) is 12.3 Å². The predicted octanol–water partition coefficient (Wildman–Crippen LogP) is 2.77. The second kappa shape index (κ2) is 6.86. The first-order valence-corrected chi connectivity index (χ1v) is 5.26. The Kier molecular flexibility index (Phi) is 5.17. The lowest BCUT2D eigenvalue weighted by atomic mass is 10.3. The summed E-state index contributed by atoms with van der Waals surface area (Å²) in [6, 6.07) is 6.34. The number of azo groups is 1. The highest BCUT2D eigenvalue weighted by Gasteiger charge is 2.16. The Morgan fingerprint density at radius 1 is 1.47 bits per heavy atom. The van der Waals surface area contributed by atoms with Gasteiger partial charge in [-0.25, -0.2) is 9.18 Å². The van der Waals surface area contributed by atoms with Crippen LogP contribution in [0, 0.1) is 17.1 Å². The van der Waals surface area contributed by atoms with Crippen molar-refractivity contribution >= 4 is 11.7 Å². The van der Waals surface area contributed by atoms with Crippen LogP contribution in [0.1, 0.15) is 6.92 Å². The predicted molar refractivity (Wildman–Crippen MR) is 62.8 cm³/mol. The molecule has 0 fully saturated rings. The van der Waals surface area contributed by atoms with Crippen LogP contribution in [0.3, 0.4) is 0 Å². The normalized spacial score (nSPS) is 11.8. The minimum absolute atomic E-state index is 0.0626. The van der Waals surface area contributed by atoms with E-state index in [0.29, 0.717) is 0 Å². The number of ether oxygens (including phenoxy) is 1. The van der Waals surface area contributed by atoms with Crippen LogP contribution in [0.25, 0.3) is 0 Å². The fourth-order valence-electron chi connectivity index (χ4n) is 1.05. The van der Waals surface area contributed by atoms with Gasteiger partial charge >= 0.3 is 5.97 Å². The van der Waals surface area contributed by atoms with Crippen molar-refractivity contribution in [3.8, 4) is 6.07 Å².